The average Bonchev–Trinajstić information content (AvgIpc) is 4.20. The van der Waals surface area contributed by atoms with E-state index in [1.54, 1.807) is 64.9 Å². The van der Waals surface area contributed by atoms with E-state index in [0.717, 1.165) is 36.5 Å². The van der Waals surface area contributed by atoms with Crippen LogP contribution in [0.4, 0.5) is 15.3 Å². The number of pyridine rings is 3. The van der Waals surface area contributed by atoms with Crippen molar-refractivity contribution in [2.24, 2.45) is 0 Å². The number of aromatic nitrogens is 12. The van der Waals surface area contributed by atoms with Crippen LogP contribution < -0.4 is 9.64 Å². The number of nitrogens with zero attached hydrogens (tertiary/aromatic N) is 15. The van der Waals surface area contributed by atoms with Crippen LogP contribution >= 0.6 is 0 Å². The Kier molecular flexibility index (Phi) is 13.9. The van der Waals surface area contributed by atoms with Gasteiger partial charge in [0.05, 0.1) is 6.20 Å². The normalized spacial score (nSPS) is 13.2. The molecular weight excluding hydrogens is 911 g/mol. The lowest BCUT2D eigenvalue weighted by atomic mass is 10.0. The molecule has 72 heavy (non-hydrogen) atoms. The number of carbonyl (C=O) groups excluding carboxylic acids is 3. The minimum absolute atomic E-state index is 0.0537. The Hall–Kier alpha value is -9.26. The van der Waals surface area contributed by atoms with Gasteiger partial charge in [-0.1, -0.05) is 94.5 Å². The predicted octanol–water partition coefficient (Wildman–Crippen LogP) is 7.46. The zero-order chi connectivity index (χ0) is 49.2. The molecule has 0 unspecified atom stereocenters. The highest BCUT2D eigenvalue weighted by molar-refractivity contribution is 5.89. The number of benzene rings is 4. The Balaban J connectivity index is 0.000000129. The van der Waals surface area contributed by atoms with Crippen molar-refractivity contribution in [3.05, 3.63) is 186 Å². The van der Waals surface area contributed by atoms with Gasteiger partial charge in [0.2, 0.25) is 11.6 Å². The molecule has 0 saturated carbocycles. The number of hydrogen-bond acceptors (Lipinski definition) is 14. The van der Waals surface area contributed by atoms with E-state index in [2.05, 4.69) is 88.0 Å². The van der Waals surface area contributed by atoms with Crippen molar-refractivity contribution in [3.8, 4) is 5.75 Å². The van der Waals surface area contributed by atoms with Crippen molar-refractivity contribution < 1.29 is 19.1 Å². The molecule has 1 fully saturated rings. The molecule has 360 valence electrons. The summed E-state index contributed by atoms with van der Waals surface area (Å²) in [6.45, 7) is 6.62. The molecule has 0 atom stereocenters. The van der Waals surface area contributed by atoms with E-state index in [1.807, 2.05) is 72.8 Å². The molecule has 2 aliphatic heterocycles. The van der Waals surface area contributed by atoms with E-state index in [4.69, 9.17) is 4.74 Å². The summed E-state index contributed by atoms with van der Waals surface area (Å²) >= 11 is 0. The fourth-order valence-electron chi connectivity index (χ4n) is 8.58. The molecule has 19 heteroatoms. The van der Waals surface area contributed by atoms with E-state index >= 15 is 0 Å². The molecule has 12 rings (SSSR count). The molecule has 2 amide bonds. The molecule has 19 nitrogen and oxygen atoms in total. The molecule has 4 aromatic carbocycles. The van der Waals surface area contributed by atoms with Crippen LogP contribution in [-0.4, -0.2) is 120 Å². The number of carbonyl (C=O) groups is 3. The van der Waals surface area contributed by atoms with Crippen LogP contribution in [0.25, 0.3) is 33.4 Å². The standard InChI is InChI=1S/C23H22N6O2.C15H13N5O.C15H14N4O/c30-23(29-21-7-4-12-24-22(21)25-26-29)28-15-13-27(14-16-28)19-8-10-20(11-9-19)31-17-18-5-2-1-3-6-18;21-15(20-14-13(17-18-20)6-3-8-16-14)19-9-7-11-4-1-2-5-12(11)10-19;1-11-4-2-3-5-12(11)6-7-15(20)19-14-8-9-16-10-13(14)17-18-19/h1-12H,13-17H2;1-6,8H,7,9-10H2;2-5,8-10H,6-7H2,1H3. The Bertz CT molecular complexity index is 3480. The third-order valence-electron chi connectivity index (χ3n) is 12.5. The summed E-state index contributed by atoms with van der Waals surface area (Å²) in [5.74, 6) is 0.787. The summed E-state index contributed by atoms with van der Waals surface area (Å²) in [4.78, 5) is 55.9. The number of fused-ring (bicyclic) bond motifs is 4. The molecule has 2 aliphatic rings. The summed E-state index contributed by atoms with van der Waals surface area (Å²) in [6.07, 6.45) is 8.50. The van der Waals surface area contributed by atoms with Gasteiger partial charge in [0.15, 0.2) is 5.65 Å². The highest BCUT2D eigenvalue weighted by Crippen LogP contribution is 2.23. The van der Waals surface area contributed by atoms with E-state index in [0.29, 0.717) is 79.0 Å². The Morgan fingerprint density at radius 3 is 2.12 bits per heavy atom. The van der Waals surface area contributed by atoms with Crippen molar-refractivity contribution in [2.75, 3.05) is 37.6 Å². The maximum absolute atomic E-state index is 12.9. The van der Waals surface area contributed by atoms with Gasteiger partial charge in [0, 0.05) is 70.0 Å². The lowest BCUT2D eigenvalue weighted by Crippen LogP contribution is -2.50. The van der Waals surface area contributed by atoms with Gasteiger partial charge < -0.3 is 19.4 Å². The van der Waals surface area contributed by atoms with Gasteiger partial charge in [0.25, 0.3) is 0 Å². The Morgan fingerprint density at radius 1 is 0.583 bits per heavy atom. The number of rotatable bonds is 7. The maximum Gasteiger partial charge on any atom is 0.348 e. The first-order valence-electron chi connectivity index (χ1n) is 23.6. The molecular formula is C53H49N15O4. The number of amides is 2. The van der Waals surface area contributed by atoms with Crippen molar-refractivity contribution in [2.45, 2.75) is 39.3 Å². The number of ether oxygens (including phenoxy) is 1. The van der Waals surface area contributed by atoms with Crippen molar-refractivity contribution >= 4 is 57.0 Å². The second-order valence-electron chi connectivity index (χ2n) is 17.1. The number of piperazine rings is 1. The van der Waals surface area contributed by atoms with E-state index in [9.17, 15) is 14.4 Å². The highest BCUT2D eigenvalue weighted by atomic mass is 16.5. The van der Waals surface area contributed by atoms with E-state index in [-0.39, 0.29) is 18.0 Å². The minimum Gasteiger partial charge on any atom is -0.489 e. The summed E-state index contributed by atoms with van der Waals surface area (Å²) in [5.41, 5.74) is 10.7. The van der Waals surface area contributed by atoms with Gasteiger partial charge in [-0.25, -0.2) is 19.6 Å². The first kappa shape index (κ1) is 46.5. The number of anilines is 1. The molecule has 0 N–H and O–H groups in total. The summed E-state index contributed by atoms with van der Waals surface area (Å²) in [7, 11) is 0. The van der Waals surface area contributed by atoms with Gasteiger partial charge in [0.1, 0.15) is 34.4 Å². The SMILES string of the molecule is Cc1ccccc1CCC(=O)n1nnc2cnccc21.O=C(N1CCN(c2ccc(OCc3ccccc3)cc2)CC1)n1nnc2ncccc21.O=C(N1CCc2ccccc2C1)n1nnc2cccnc21. The Morgan fingerprint density at radius 2 is 1.29 bits per heavy atom. The van der Waals surface area contributed by atoms with Gasteiger partial charge in [-0.2, -0.15) is 9.36 Å². The van der Waals surface area contributed by atoms with Crippen molar-refractivity contribution in [3.63, 3.8) is 0 Å². The van der Waals surface area contributed by atoms with Crippen LogP contribution in [-0.2, 0) is 26.0 Å². The summed E-state index contributed by atoms with van der Waals surface area (Å²) in [6, 6.07) is 43.1. The molecule has 8 heterocycles. The van der Waals surface area contributed by atoms with Crippen LogP contribution in [0.2, 0.25) is 0 Å². The third kappa shape index (κ3) is 10.5. The quantitative estimate of drug-likeness (QED) is 0.152. The highest BCUT2D eigenvalue weighted by Gasteiger charge is 2.26. The third-order valence-corrected chi connectivity index (χ3v) is 12.5. The van der Waals surface area contributed by atoms with Crippen molar-refractivity contribution in [1.82, 2.24) is 69.7 Å². The van der Waals surface area contributed by atoms with Gasteiger partial charge in [-0.15, -0.1) is 20.0 Å². The lowest BCUT2D eigenvalue weighted by Gasteiger charge is -2.35. The minimum atomic E-state index is -0.175. The van der Waals surface area contributed by atoms with E-state index < -0.39 is 0 Å². The molecule has 0 aliphatic carbocycles. The van der Waals surface area contributed by atoms with E-state index in [1.165, 1.54) is 36.3 Å². The zero-order valence-corrected chi connectivity index (χ0v) is 39.4. The Labute approximate surface area is 413 Å². The predicted molar refractivity (Wildman–Crippen MR) is 269 cm³/mol. The second-order valence-corrected chi connectivity index (χ2v) is 17.1. The first-order chi connectivity index (χ1) is 35.4. The first-order valence-corrected chi connectivity index (χ1v) is 23.6. The molecule has 6 aromatic heterocycles. The van der Waals surface area contributed by atoms with Crippen LogP contribution in [0.1, 0.15) is 39.0 Å². The second kappa shape index (κ2) is 21.6. The fraction of sp³-hybridized carbons (Fsp3) is 0.208. The smallest absolute Gasteiger partial charge is 0.348 e. The zero-order valence-electron chi connectivity index (χ0n) is 39.4. The van der Waals surface area contributed by atoms with Gasteiger partial charge in [-0.3, -0.25) is 9.78 Å². The molecule has 0 spiro atoms. The maximum atomic E-state index is 12.9. The number of hydrogen-bond donors (Lipinski definition) is 0. The van der Waals surface area contributed by atoms with Crippen LogP contribution in [0.15, 0.2) is 158 Å². The van der Waals surface area contributed by atoms with Crippen LogP contribution in [0.3, 0.4) is 0 Å². The molecule has 10 aromatic rings. The van der Waals surface area contributed by atoms with Gasteiger partial charge in [-0.05, 0) is 102 Å². The van der Waals surface area contributed by atoms with Crippen LogP contribution in [0, 0.1) is 6.92 Å². The van der Waals surface area contributed by atoms with Crippen LogP contribution in [0.5, 0.6) is 5.75 Å². The molecule has 0 bridgehead atoms. The summed E-state index contributed by atoms with van der Waals surface area (Å²) < 4.78 is 9.83. The topological polar surface area (TPSA) is 201 Å². The molecule has 0 radical (unpaired) electrons. The summed E-state index contributed by atoms with van der Waals surface area (Å²) in [5, 5.41) is 23.7. The number of aryl methyl sites for hydroxylation is 2. The fourth-order valence-corrected chi connectivity index (χ4v) is 8.58. The largest absolute Gasteiger partial charge is 0.489 e. The molecule has 1 saturated heterocycles. The van der Waals surface area contributed by atoms with Gasteiger partial charge >= 0.3 is 12.1 Å². The average molecular weight is 960 g/mol. The van der Waals surface area contributed by atoms with Crippen molar-refractivity contribution in [1.29, 1.82) is 0 Å². The monoisotopic (exact) mass is 959 g/mol. The lowest BCUT2D eigenvalue weighted by molar-refractivity contribution is 0.0890.